The number of rotatable bonds is 1. The van der Waals surface area contributed by atoms with Crippen LogP contribution in [0, 0.1) is 5.92 Å². The van der Waals surface area contributed by atoms with Crippen molar-refractivity contribution in [2.75, 3.05) is 13.1 Å². The summed E-state index contributed by atoms with van der Waals surface area (Å²) in [6.45, 7) is 6.93. The molecule has 98 valence electrons. The number of carbonyl (C=O) groups excluding carboxylic acids is 1. The van der Waals surface area contributed by atoms with E-state index >= 15 is 0 Å². The van der Waals surface area contributed by atoms with Crippen molar-refractivity contribution in [1.29, 1.82) is 0 Å². The molecule has 0 unspecified atom stereocenters. The molecule has 0 atom stereocenters. The van der Waals surface area contributed by atoms with E-state index in [9.17, 15) is 4.79 Å². The van der Waals surface area contributed by atoms with Crippen molar-refractivity contribution in [2.24, 2.45) is 5.92 Å². The van der Waals surface area contributed by atoms with Gasteiger partial charge in [0.1, 0.15) is 5.60 Å². The number of likely N-dealkylation sites (tertiary alicyclic amines) is 1. The first-order chi connectivity index (χ1) is 7.83. The second-order valence-electron chi connectivity index (χ2n) is 5.24. The van der Waals surface area contributed by atoms with Gasteiger partial charge in [0, 0.05) is 23.7 Å². The molecule has 0 N–H and O–H groups in total. The monoisotopic (exact) mass is 279 g/mol. The molecule has 1 saturated heterocycles. The number of allylic oxidation sites excluding steroid dienone is 1. The Morgan fingerprint density at radius 2 is 1.88 bits per heavy atom. The maximum Gasteiger partial charge on any atom is 0.410 e. The quantitative estimate of drug-likeness (QED) is 0.727. The Balaban J connectivity index is 2.44. The summed E-state index contributed by atoms with van der Waals surface area (Å²) in [7, 11) is 0. The highest BCUT2D eigenvalue weighted by atomic mass is 35.5. The topological polar surface area (TPSA) is 29.5 Å². The molecule has 0 saturated carbocycles. The molecule has 0 spiro atoms. The lowest BCUT2D eigenvalue weighted by Crippen LogP contribution is -2.41. The molecule has 0 aromatic rings. The first kappa shape index (κ1) is 14.7. The van der Waals surface area contributed by atoms with E-state index in [0.717, 1.165) is 12.8 Å². The van der Waals surface area contributed by atoms with Crippen molar-refractivity contribution >= 4 is 29.3 Å². The number of nitrogens with zero attached hydrogens (tertiary/aromatic N) is 1. The van der Waals surface area contributed by atoms with Crippen LogP contribution >= 0.6 is 23.2 Å². The van der Waals surface area contributed by atoms with Crippen molar-refractivity contribution < 1.29 is 9.53 Å². The largest absolute Gasteiger partial charge is 0.444 e. The molecule has 1 rings (SSSR count). The molecule has 0 aromatic carbocycles. The van der Waals surface area contributed by atoms with Crippen LogP contribution in [0.15, 0.2) is 10.6 Å². The number of piperidine rings is 1. The Hall–Kier alpha value is -0.410. The smallest absolute Gasteiger partial charge is 0.410 e. The average Bonchev–Trinajstić information content (AvgIpc) is 2.26. The third-order valence-electron chi connectivity index (χ3n) is 2.64. The van der Waals surface area contributed by atoms with Gasteiger partial charge in [0.15, 0.2) is 0 Å². The molecule has 0 bridgehead atoms. The summed E-state index contributed by atoms with van der Waals surface area (Å²) in [5.74, 6) is 0.271. The minimum absolute atomic E-state index is 0.248. The molecule has 1 aliphatic rings. The van der Waals surface area contributed by atoms with E-state index in [1.54, 1.807) is 4.90 Å². The summed E-state index contributed by atoms with van der Waals surface area (Å²) >= 11 is 11.5. The lowest BCUT2D eigenvalue weighted by atomic mass is 9.97. The summed E-state index contributed by atoms with van der Waals surface area (Å²) in [5.41, 5.74) is 0.969. The zero-order valence-corrected chi connectivity index (χ0v) is 12.0. The van der Waals surface area contributed by atoms with E-state index in [1.165, 1.54) is 5.54 Å². The van der Waals surface area contributed by atoms with E-state index in [2.05, 4.69) is 0 Å². The standard InChI is InChI=1S/C12H19Cl2NO2/c1-12(2,3)17-11(16)15-6-4-9(5-7-15)10(14)8-13/h8-9H,4-7H2,1-3H3. The number of carbonyl (C=O) groups is 1. The van der Waals surface area contributed by atoms with Crippen molar-refractivity contribution in [3.05, 3.63) is 10.6 Å². The van der Waals surface area contributed by atoms with E-state index in [-0.39, 0.29) is 12.0 Å². The van der Waals surface area contributed by atoms with E-state index < -0.39 is 5.60 Å². The number of hydrogen-bond acceptors (Lipinski definition) is 2. The van der Waals surface area contributed by atoms with Gasteiger partial charge in [-0.1, -0.05) is 23.2 Å². The summed E-state index contributed by atoms with van der Waals surface area (Å²) in [6.07, 6.45) is 1.42. The third kappa shape index (κ3) is 4.76. The van der Waals surface area contributed by atoms with Crippen molar-refractivity contribution in [1.82, 2.24) is 4.90 Å². The predicted octanol–water partition coefficient (Wildman–Crippen LogP) is 3.95. The van der Waals surface area contributed by atoms with Crippen LogP contribution in [-0.4, -0.2) is 29.7 Å². The summed E-state index contributed by atoms with van der Waals surface area (Å²) in [6, 6.07) is 0. The van der Waals surface area contributed by atoms with Gasteiger partial charge in [-0.2, -0.15) is 0 Å². The first-order valence-electron chi connectivity index (χ1n) is 5.77. The molecule has 1 aliphatic heterocycles. The molecule has 17 heavy (non-hydrogen) atoms. The summed E-state index contributed by atoms with van der Waals surface area (Å²) in [4.78, 5) is 13.5. The fourth-order valence-electron chi connectivity index (χ4n) is 1.75. The minimum Gasteiger partial charge on any atom is -0.444 e. The zero-order chi connectivity index (χ0) is 13.1. The Morgan fingerprint density at radius 1 is 1.35 bits per heavy atom. The predicted molar refractivity (Wildman–Crippen MR) is 70.3 cm³/mol. The zero-order valence-electron chi connectivity index (χ0n) is 10.5. The second-order valence-corrected chi connectivity index (χ2v) is 5.89. The molecule has 0 aliphatic carbocycles. The highest BCUT2D eigenvalue weighted by Crippen LogP contribution is 2.28. The fourth-order valence-corrected chi connectivity index (χ4v) is 2.15. The van der Waals surface area contributed by atoms with Gasteiger partial charge >= 0.3 is 6.09 Å². The van der Waals surface area contributed by atoms with E-state index in [1.807, 2.05) is 20.8 Å². The molecular weight excluding hydrogens is 261 g/mol. The number of amides is 1. The average molecular weight is 280 g/mol. The third-order valence-corrected chi connectivity index (χ3v) is 3.41. The van der Waals surface area contributed by atoms with Crippen LogP contribution in [0.2, 0.25) is 0 Å². The van der Waals surface area contributed by atoms with Gasteiger partial charge in [0.25, 0.3) is 0 Å². The summed E-state index contributed by atoms with van der Waals surface area (Å²) in [5, 5.41) is 0.676. The van der Waals surface area contributed by atoms with Crippen LogP contribution in [0.3, 0.4) is 0 Å². The van der Waals surface area contributed by atoms with Gasteiger partial charge in [0.05, 0.1) is 0 Å². The van der Waals surface area contributed by atoms with Gasteiger partial charge in [-0.25, -0.2) is 4.79 Å². The highest BCUT2D eigenvalue weighted by Gasteiger charge is 2.27. The Kier molecular flexibility index (Phi) is 5.14. The van der Waals surface area contributed by atoms with Crippen LogP contribution in [0.25, 0.3) is 0 Å². The first-order valence-corrected chi connectivity index (χ1v) is 6.58. The maximum atomic E-state index is 11.8. The molecule has 1 heterocycles. The minimum atomic E-state index is -0.443. The van der Waals surface area contributed by atoms with Crippen molar-refractivity contribution in [3.63, 3.8) is 0 Å². The van der Waals surface area contributed by atoms with Crippen LogP contribution in [0.5, 0.6) is 0 Å². The fraction of sp³-hybridized carbons (Fsp3) is 0.750. The maximum absolute atomic E-state index is 11.8. The molecule has 0 aromatic heterocycles. The lowest BCUT2D eigenvalue weighted by Gasteiger charge is -2.33. The van der Waals surface area contributed by atoms with Gasteiger partial charge in [-0.3, -0.25) is 0 Å². The van der Waals surface area contributed by atoms with Gasteiger partial charge in [-0.05, 0) is 39.5 Å². The van der Waals surface area contributed by atoms with Gasteiger partial charge in [0.2, 0.25) is 0 Å². The molecule has 5 heteroatoms. The van der Waals surface area contributed by atoms with Gasteiger partial charge < -0.3 is 9.64 Å². The van der Waals surface area contributed by atoms with Crippen LogP contribution in [0.4, 0.5) is 4.79 Å². The van der Waals surface area contributed by atoms with E-state index in [0.29, 0.717) is 18.1 Å². The molecule has 1 amide bonds. The van der Waals surface area contributed by atoms with E-state index in [4.69, 9.17) is 27.9 Å². The highest BCUT2D eigenvalue weighted by molar-refractivity contribution is 6.36. The van der Waals surface area contributed by atoms with Crippen LogP contribution in [0.1, 0.15) is 33.6 Å². The van der Waals surface area contributed by atoms with Crippen LogP contribution < -0.4 is 0 Å². The van der Waals surface area contributed by atoms with Crippen LogP contribution in [-0.2, 0) is 4.74 Å². The number of ether oxygens (including phenoxy) is 1. The Labute approximate surface area is 113 Å². The molecule has 3 nitrogen and oxygen atoms in total. The SMILES string of the molecule is CC(C)(C)OC(=O)N1CCC(C(Cl)=CCl)CC1. The second kappa shape index (κ2) is 5.96. The van der Waals surface area contributed by atoms with Crippen molar-refractivity contribution in [2.45, 2.75) is 39.2 Å². The lowest BCUT2D eigenvalue weighted by molar-refractivity contribution is 0.0196. The normalized spacial score (nSPS) is 19.4. The molecule has 0 radical (unpaired) electrons. The Bertz CT molecular complexity index is 302. The molecule has 1 fully saturated rings. The Morgan fingerprint density at radius 3 is 2.29 bits per heavy atom. The van der Waals surface area contributed by atoms with Gasteiger partial charge in [-0.15, -0.1) is 0 Å². The summed E-state index contributed by atoms with van der Waals surface area (Å²) < 4.78 is 5.31. The molecular formula is C12H19Cl2NO2. The number of halogens is 2. The number of hydrogen-bond donors (Lipinski definition) is 0. The van der Waals surface area contributed by atoms with Crippen molar-refractivity contribution in [3.8, 4) is 0 Å².